The van der Waals surface area contributed by atoms with E-state index in [4.69, 9.17) is 0 Å². The monoisotopic (exact) mass is 329 g/mol. The van der Waals surface area contributed by atoms with Gasteiger partial charge in [-0.3, -0.25) is 14.6 Å². The number of carbonyl (C=O) groups excluding carboxylic acids is 1. The van der Waals surface area contributed by atoms with Crippen molar-refractivity contribution in [2.45, 2.75) is 46.1 Å². The molecule has 0 aliphatic rings. The maximum atomic E-state index is 12.1. The highest BCUT2D eigenvalue weighted by Crippen LogP contribution is 2.10. The number of aromatic nitrogens is 2. The molecule has 2 aromatic rings. The molecule has 0 saturated heterocycles. The zero-order valence-electron chi connectivity index (χ0n) is 14.2. The van der Waals surface area contributed by atoms with Crippen LogP contribution in [0.1, 0.15) is 35.7 Å². The summed E-state index contributed by atoms with van der Waals surface area (Å²) in [6.45, 7) is 5.67. The molecule has 1 atom stereocenters. The second-order valence-electron chi connectivity index (χ2n) is 6.11. The lowest BCUT2D eigenvalue weighted by Crippen LogP contribution is -2.35. The van der Waals surface area contributed by atoms with Crippen LogP contribution in [0.25, 0.3) is 0 Å². The zero-order valence-corrected chi connectivity index (χ0v) is 14.2. The van der Waals surface area contributed by atoms with Gasteiger partial charge in [0.05, 0.1) is 0 Å². The molecule has 128 valence electrons. The predicted molar refractivity (Wildman–Crippen MR) is 93.2 cm³/mol. The smallest absolute Gasteiger partial charge is 0.325 e. The third-order valence-corrected chi connectivity index (χ3v) is 4.05. The molecule has 0 saturated carbocycles. The molecular formula is C18H23N3O3. The van der Waals surface area contributed by atoms with E-state index in [9.17, 15) is 14.4 Å². The van der Waals surface area contributed by atoms with Crippen molar-refractivity contribution in [3.05, 3.63) is 67.5 Å². The van der Waals surface area contributed by atoms with E-state index in [0.29, 0.717) is 17.7 Å². The lowest BCUT2D eigenvalue weighted by Gasteiger charge is -2.15. The Morgan fingerprint density at radius 3 is 2.54 bits per heavy atom. The summed E-state index contributed by atoms with van der Waals surface area (Å²) in [5.41, 5.74) is 2.39. The first kappa shape index (κ1) is 17.7. The molecule has 1 aromatic carbocycles. The van der Waals surface area contributed by atoms with Crippen molar-refractivity contribution in [2.75, 3.05) is 0 Å². The number of hydrogen-bond donors (Lipinski definition) is 3. The number of rotatable bonds is 6. The minimum atomic E-state index is -0.530. The van der Waals surface area contributed by atoms with Crippen molar-refractivity contribution >= 4 is 5.91 Å². The summed E-state index contributed by atoms with van der Waals surface area (Å²) < 4.78 is 0. The van der Waals surface area contributed by atoms with Gasteiger partial charge in [0, 0.05) is 23.7 Å². The lowest BCUT2D eigenvalue weighted by atomic mass is 10.0. The van der Waals surface area contributed by atoms with E-state index in [0.717, 1.165) is 6.42 Å². The number of aromatic amines is 2. The van der Waals surface area contributed by atoms with Gasteiger partial charge in [0.25, 0.3) is 5.56 Å². The summed E-state index contributed by atoms with van der Waals surface area (Å²) in [6, 6.07) is 8.10. The summed E-state index contributed by atoms with van der Waals surface area (Å²) in [6.07, 6.45) is 1.26. The Hall–Kier alpha value is -2.63. The van der Waals surface area contributed by atoms with Crippen LogP contribution in [0.15, 0.2) is 33.9 Å². The van der Waals surface area contributed by atoms with Crippen LogP contribution < -0.4 is 16.6 Å². The Morgan fingerprint density at radius 1 is 1.17 bits per heavy atom. The molecule has 0 aliphatic carbocycles. The maximum Gasteiger partial charge on any atom is 0.325 e. The lowest BCUT2D eigenvalue weighted by molar-refractivity contribution is -0.121. The van der Waals surface area contributed by atoms with E-state index in [2.05, 4.69) is 34.3 Å². The van der Waals surface area contributed by atoms with Crippen LogP contribution >= 0.6 is 0 Å². The van der Waals surface area contributed by atoms with Gasteiger partial charge < -0.3 is 10.3 Å². The molecule has 0 aliphatic heterocycles. The topological polar surface area (TPSA) is 94.8 Å². The highest BCUT2D eigenvalue weighted by Gasteiger charge is 2.12. The molecule has 1 amide bonds. The quantitative estimate of drug-likeness (QED) is 0.747. The zero-order chi connectivity index (χ0) is 17.7. The molecule has 0 bridgehead atoms. The van der Waals surface area contributed by atoms with E-state index in [1.165, 1.54) is 11.1 Å². The van der Waals surface area contributed by atoms with Gasteiger partial charge in [-0.2, -0.15) is 0 Å². The fraction of sp³-hybridized carbons (Fsp3) is 0.389. The first-order valence-corrected chi connectivity index (χ1v) is 8.02. The summed E-state index contributed by atoms with van der Waals surface area (Å²) in [5, 5.41) is 2.95. The first-order valence-electron chi connectivity index (χ1n) is 8.02. The van der Waals surface area contributed by atoms with Gasteiger partial charge >= 0.3 is 5.69 Å². The summed E-state index contributed by atoms with van der Waals surface area (Å²) in [5.74, 6) is -0.110. The Kier molecular flexibility index (Phi) is 5.73. The fourth-order valence-electron chi connectivity index (χ4n) is 2.73. The number of benzene rings is 1. The third kappa shape index (κ3) is 4.68. The van der Waals surface area contributed by atoms with E-state index >= 15 is 0 Å². The van der Waals surface area contributed by atoms with Crippen LogP contribution in [0.5, 0.6) is 0 Å². The van der Waals surface area contributed by atoms with E-state index in [1.807, 2.05) is 19.1 Å². The van der Waals surface area contributed by atoms with Gasteiger partial charge in [0.15, 0.2) is 0 Å². The molecule has 1 aromatic heterocycles. The minimum absolute atomic E-state index is 0.00793. The molecule has 1 heterocycles. The van der Waals surface area contributed by atoms with E-state index < -0.39 is 11.2 Å². The molecule has 24 heavy (non-hydrogen) atoms. The minimum Gasteiger partial charge on any atom is -0.353 e. The van der Waals surface area contributed by atoms with Gasteiger partial charge in [-0.1, -0.05) is 24.3 Å². The molecule has 6 heteroatoms. The molecule has 0 spiro atoms. The van der Waals surface area contributed by atoms with E-state index in [1.54, 1.807) is 6.92 Å². The predicted octanol–water partition coefficient (Wildman–Crippen LogP) is 1.36. The summed E-state index contributed by atoms with van der Waals surface area (Å²) in [7, 11) is 0. The summed E-state index contributed by atoms with van der Waals surface area (Å²) in [4.78, 5) is 39.7. The Bertz CT molecular complexity index is 836. The molecular weight excluding hydrogens is 306 g/mol. The Morgan fingerprint density at radius 2 is 1.88 bits per heavy atom. The van der Waals surface area contributed by atoms with Gasteiger partial charge in [0.1, 0.15) is 0 Å². The molecule has 0 unspecified atom stereocenters. The van der Waals surface area contributed by atoms with Gasteiger partial charge in [-0.25, -0.2) is 4.79 Å². The molecule has 6 nitrogen and oxygen atoms in total. The number of carbonyl (C=O) groups is 1. The van der Waals surface area contributed by atoms with Crippen LogP contribution in [0.3, 0.4) is 0 Å². The van der Waals surface area contributed by atoms with Gasteiger partial charge in [0.2, 0.25) is 5.91 Å². The Balaban J connectivity index is 1.91. The highest BCUT2D eigenvalue weighted by molar-refractivity contribution is 5.76. The average molecular weight is 329 g/mol. The number of nitrogens with one attached hydrogen (secondary N) is 3. The highest BCUT2D eigenvalue weighted by atomic mass is 16.2. The van der Waals surface area contributed by atoms with E-state index in [-0.39, 0.29) is 18.4 Å². The molecule has 0 radical (unpaired) electrons. The first-order chi connectivity index (χ1) is 11.4. The number of H-pyrrole nitrogens is 2. The standard InChI is InChI=1S/C18H23N3O3/c1-11-6-4-5-7-14(11)10-12(2)19-16(22)9-8-15-13(3)20-18(24)21-17(15)23/h4-7,12H,8-10H2,1-3H3,(H,19,22)(H2,20,21,23,24)/t12-/m1/s1. The summed E-state index contributed by atoms with van der Waals surface area (Å²) >= 11 is 0. The van der Waals surface area contributed by atoms with Crippen molar-refractivity contribution in [2.24, 2.45) is 0 Å². The van der Waals surface area contributed by atoms with Crippen LogP contribution in [0.4, 0.5) is 0 Å². The SMILES string of the molecule is Cc1ccccc1C[C@@H](C)NC(=O)CCc1c(C)[nH]c(=O)[nH]c1=O. The van der Waals surface area contributed by atoms with Crippen LogP contribution in [-0.2, 0) is 17.6 Å². The van der Waals surface area contributed by atoms with Crippen molar-refractivity contribution in [1.82, 2.24) is 15.3 Å². The number of aryl methyl sites for hydroxylation is 2. The van der Waals surface area contributed by atoms with Crippen molar-refractivity contribution in [1.29, 1.82) is 0 Å². The Labute approximate surface area is 140 Å². The molecule has 3 N–H and O–H groups in total. The van der Waals surface area contributed by atoms with Crippen molar-refractivity contribution in [3.63, 3.8) is 0 Å². The van der Waals surface area contributed by atoms with Crippen LogP contribution in [0, 0.1) is 13.8 Å². The fourth-order valence-corrected chi connectivity index (χ4v) is 2.73. The van der Waals surface area contributed by atoms with Crippen molar-refractivity contribution < 1.29 is 4.79 Å². The van der Waals surface area contributed by atoms with Crippen LogP contribution in [-0.4, -0.2) is 21.9 Å². The van der Waals surface area contributed by atoms with Gasteiger partial charge in [-0.15, -0.1) is 0 Å². The average Bonchev–Trinajstić information content (AvgIpc) is 2.48. The van der Waals surface area contributed by atoms with Crippen molar-refractivity contribution in [3.8, 4) is 0 Å². The van der Waals surface area contributed by atoms with Gasteiger partial charge in [-0.05, 0) is 44.7 Å². The third-order valence-electron chi connectivity index (χ3n) is 4.05. The number of amides is 1. The largest absolute Gasteiger partial charge is 0.353 e. The normalized spacial score (nSPS) is 12.0. The molecule has 2 rings (SSSR count). The molecule has 0 fully saturated rings. The number of hydrogen-bond acceptors (Lipinski definition) is 3. The van der Waals surface area contributed by atoms with Crippen LogP contribution in [0.2, 0.25) is 0 Å². The maximum absolute atomic E-state index is 12.1. The second-order valence-corrected chi connectivity index (χ2v) is 6.11. The second kappa shape index (κ2) is 7.77.